The van der Waals surface area contributed by atoms with Gasteiger partial charge in [0.2, 0.25) is 0 Å². The predicted molar refractivity (Wildman–Crippen MR) is 102 cm³/mol. The van der Waals surface area contributed by atoms with Gasteiger partial charge in [0.15, 0.2) is 0 Å². The zero-order valence-corrected chi connectivity index (χ0v) is 15.7. The zero-order chi connectivity index (χ0) is 21.0. The largest absolute Gasteiger partial charge is 0.459 e. The van der Waals surface area contributed by atoms with Gasteiger partial charge in [0.1, 0.15) is 18.7 Å². The molecule has 9 nitrogen and oxygen atoms in total. The zero-order valence-electron chi connectivity index (χ0n) is 15.7. The van der Waals surface area contributed by atoms with Crippen LogP contribution in [0, 0.1) is 10.1 Å². The number of non-ortho nitro benzene ring substituents is 1. The average molecular weight is 397 g/mol. The molecule has 2 aromatic carbocycles. The number of urea groups is 1. The van der Waals surface area contributed by atoms with Crippen LogP contribution < -0.4 is 5.32 Å². The number of imide groups is 1. The van der Waals surface area contributed by atoms with Gasteiger partial charge in [-0.1, -0.05) is 37.3 Å². The normalized spacial score (nSPS) is 18.4. The third-order valence-electron chi connectivity index (χ3n) is 4.81. The van der Waals surface area contributed by atoms with Gasteiger partial charge in [-0.3, -0.25) is 24.6 Å². The summed E-state index contributed by atoms with van der Waals surface area (Å²) in [6.45, 7) is 1.13. The van der Waals surface area contributed by atoms with E-state index < -0.39 is 34.9 Å². The Kier molecular flexibility index (Phi) is 5.58. The molecule has 29 heavy (non-hydrogen) atoms. The van der Waals surface area contributed by atoms with Crippen molar-refractivity contribution in [2.24, 2.45) is 0 Å². The Hall–Kier alpha value is -3.75. The summed E-state index contributed by atoms with van der Waals surface area (Å²) in [6, 6.07) is 13.7. The second-order valence-electron chi connectivity index (χ2n) is 6.53. The number of rotatable bonds is 7. The van der Waals surface area contributed by atoms with Gasteiger partial charge in [-0.15, -0.1) is 0 Å². The first-order valence-corrected chi connectivity index (χ1v) is 8.96. The van der Waals surface area contributed by atoms with E-state index in [9.17, 15) is 24.5 Å². The number of ether oxygens (including phenoxy) is 1. The van der Waals surface area contributed by atoms with Crippen molar-refractivity contribution in [3.05, 3.63) is 75.8 Å². The number of nitro groups is 1. The van der Waals surface area contributed by atoms with Gasteiger partial charge in [-0.05, 0) is 29.7 Å². The lowest BCUT2D eigenvalue weighted by atomic mass is 9.87. The number of nitrogens with one attached hydrogen (secondary N) is 1. The number of benzene rings is 2. The molecule has 0 aromatic heterocycles. The van der Waals surface area contributed by atoms with Gasteiger partial charge in [0.25, 0.3) is 11.6 Å². The van der Waals surface area contributed by atoms with Crippen LogP contribution in [0.3, 0.4) is 0 Å². The molecule has 3 amide bonds. The summed E-state index contributed by atoms with van der Waals surface area (Å²) >= 11 is 0. The van der Waals surface area contributed by atoms with Crippen LogP contribution >= 0.6 is 0 Å². The molecule has 1 heterocycles. The van der Waals surface area contributed by atoms with E-state index in [2.05, 4.69) is 5.32 Å². The molecule has 3 rings (SSSR count). The Morgan fingerprint density at radius 3 is 2.38 bits per heavy atom. The van der Waals surface area contributed by atoms with Crippen LogP contribution in [0.4, 0.5) is 10.5 Å². The topological polar surface area (TPSA) is 119 Å². The number of nitrogens with zero attached hydrogens (tertiary/aromatic N) is 2. The molecule has 1 unspecified atom stereocenters. The van der Waals surface area contributed by atoms with Crippen LogP contribution in [0.5, 0.6) is 0 Å². The lowest BCUT2D eigenvalue weighted by Crippen LogP contribution is -2.43. The molecule has 1 aliphatic rings. The molecule has 2 aromatic rings. The summed E-state index contributed by atoms with van der Waals surface area (Å²) in [5.41, 5.74) is -0.0936. The molecule has 0 aliphatic carbocycles. The van der Waals surface area contributed by atoms with E-state index in [1.165, 1.54) is 24.3 Å². The van der Waals surface area contributed by atoms with E-state index in [-0.39, 0.29) is 12.3 Å². The Morgan fingerprint density at radius 1 is 1.14 bits per heavy atom. The number of esters is 1. The van der Waals surface area contributed by atoms with Crippen molar-refractivity contribution in [2.75, 3.05) is 6.54 Å². The fourth-order valence-corrected chi connectivity index (χ4v) is 3.18. The molecular weight excluding hydrogens is 378 g/mol. The fourth-order valence-electron chi connectivity index (χ4n) is 3.18. The maximum absolute atomic E-state index is 13.0. The maximum Gasteiger partial charge on any atom is 0.326 e. The summed E-state index contributed by atoms with van der Waals surface area (Å²) in [4.78, 5) is 48.5. The van der Waals surface area contributed by atoms with E-state index in [4.69, 9.17) is 4.74 Å². The van der Waals surface area contributed by atoms with Crippen molar-refractivity contribution in [2.45, 2.75) is 25.5 Å². The van der Waals surface area contributed by atoms with E-state index >= 15 is 0 Å². The van der Waals surface area contributed by atoms with E-state index in [1.807, 2.05) is 0 Å². The second kappa shape index (κ2) is 8.09. The number of hydrogen-bond acceptors (Lipinski definition) is 6. The molecule has 1 saturated heterocycles. The van der Waals surface area contributed by atoms with E-state index in [0.29, 0.717) is 17.5 Å². The fraction of sp³-hybridized carbons (Fsp3) is 0.250. The minimum absolute atomic E-state index is 0.0729. The summed E-state index contributed by atoms with van der Waals surface area (Å²) < 4.78 is 5.11. The predicted octanol–water partition coefficient (Wildman–Crippen LogP) is 2.50. The quantitative estimate of drug-likeness (QED) is 0.332. The van der Waals surface area contributed by atoms with Crippen LogP contribution in [0.1, 0.15) is 24.5 Å². The highest BCUT2D eigenvalue weighted by atomic mass is 16.6. The third-order valence-corrected chi connectivity index (χ3v) is 4.81. The summed E-state index contributed by atoms with van der Waals surface area (Å²) in [5.74, 6) is -1.27. The van der Waals surface area contributed by atoms with Crippen LogP contribution in [-0.4, -0.2) is 34.3 Å². The smallest absolute Gasteiger partial charge is 0.326 e. The minimum atomic E-state index is -1.21. The molecule has 9 heteroatoms. The van der Waals surface area contributed by atoms with Crippen molar-refractivity contribution in [3.63, 3.8) is 0 Å². The molecule has 1 atom stereocenters. The summed E-state index contributed by atoms with van der Waals surface area (Å²) in [6.07, 6.45) is 0.329. The number of carbonyl (C=O) groups is 3. The van der Waals surface area contributed by atoms with Crippen LogP contribution in [0.15, 0.2) is 54.6 Å². The van der Waals surface area contributed by atoms with Gasteiger partial charge in [-0.2, -0.15) is 0 Å². The van der Waals surface area contributed by atoms with Crippen LogP contribution in [0.25, 0.3) is 0 Å². The van der Waals surface area contributed by atoms with Gasteiger partial charge < -0.3 is 10.1 Å². The first-order chi connectivity index (χ1) is 13.9. The second-order valence-corrected chi connectivity index (χ2v) is 6.53. The first-order valence-electron chi connectivity index (χ1n) is 8.96. The number of amides is 3. The highest BCUT2D eigenvalue weighted by molar-refractivity contribution is 6.09. The molecule has 0 saturated carbocycles. The summed E-state index contributed by atoms with van der Waals surface area (Å²) in [7, 11) is 0. The van der Waals surface area contributed by atoms with Crippen molar-refractivity contribution in [1.82, 2.24) is 10.2 Å². The molecular formula is C20H19N3O6. The van der Waals surface area contributed by atoms with Crippen LogP contribution in [-0.2, 0) is 26.5 Å². The van der Waals surface area contributed by atoms with Crippen molar-refractivity contribution < 1.29 is 24.0 Å². The number of nitro benzene ring substituents is 1. The maximum atomic E-state index is 13.0. The van der Waals surface area contributed by atoms with Gasteiger partial charge in [-0.25, -0.2) is 4.79 Å². The molecule has 0 bridgehead atoms. The first kappa shape index (κ1) is 20.0. The molecule has 0 radical (unpaired) electrons. The highest BCUT2D eigenvalue weighted by Gasteiger charge is 2.51. The van der Waals surface area contributed by atoms with Gasteiger partial charge >= 0.3 is 12.0 Å². The van der Waals surface area contributed by atoms with Crippen LogP contribution in [0.2, 0.25) is 0 Å². The van der Waals surface area contributed by atoms with E-state index in [1.54, 1.807) is 37.3 Å². The number of hydrogen-bond donors (Lipinski definition) is 1. The molecule has 0 spiro atoms. The monoisotopic (exact) mass is 397 g/mol. The van der Waals surface area contributed by atoms with Gasteiger partial charge in [0, 0.05) is 12.1 Å². The minimum Gasteiger partial charge on any atom is -0.459 e. The lowest BCUT2D eigenvalue weighted by molar-refractivity contribution is -0.384. The van der Waals surface area contributed by atoms with Crippen molar-refractivity contribution in [1.29, 1.82) is 0 Å². The van der Waals surface area contributed by atoms with Gasteiger partial charge in [0.05, 0.1) is 4.92 Å². The Morgan fingerprint density at radius 2 is 1.79 bits per heavy atom. The molecule has 1 aliphatic heterocycles. The summed E-state index contributed by atoms with van der Waals surface area (Å²) in [5, 5.41) is 13.4. The molecule has 1 fully saturated rings. The van der Waals surface area contributed by atoms with Crippen molar-refractivity contribution >= 4 is 23.6 Å². The SMILES string of the molecule is CCC1(c2ccccc2)NC(=O)N(CC(=O)OCc2ccc([N+](=O)[O-])cc2)C1=O. The standard InChI is InChI=1S/C20H19N3O6/c1-2-20(15-6-4-3-5-7-15)18(25)22(19(26)21-20)12-17(24)29-13-14-8-10-16(11-9-14)23(27)28/h3-11H,2,12-13H2,1H3,(H,21,26). The lowest BCUT2D eigenvalue weighted by Gasteiger charge is -2.25. The highest BCUT2D eigenvalue weighted by Crippen LogP contribution is 2.32. The number of carbonyl (C=O) groups excluding carboxylic acids is 3. The molecule has 150 valence electrons. The average Bonchev–Trinajstić information content (AvgIpc) is 2.98. The Labute approximate surface area is 166 Å². The van der Waals surface area contributed by atoms with Crippen molar-refractivity contribution in [3.8, 4) is 0 Å². The Balaban J connectivity index is 1.65. The third kappa shape index (κ3) is 3.93. The Bertz CT molecular complexity index is 944. The molecule has 1 N–H and O–H groups in total. The van der Waals surface area contributed by atoms with E-state index in [0.717, 1.165) is 4.90 Å².